The molecule has 0 aliphatic carbocycles. The van der Waals surface area contributed by atoms with E-state index in [9.17, 15) is 4.79 Å². The summed E-state index contributed by atoms with van der Waals surface area (Å²) in [5.74, 6) is -0.136. The third-order valence-corrected chi connectivity index (χ3v) is 3.04. The number of rotatable bonds is 5. The van der Waals surface area contributed by atoms with E-state index in [0.29, 0.717) is 4.38 Å². The van der Waals surface area contributed by atoms with Crippen molar-refractivity contribution < 1.29 is 14.6 Å². The van der Waals surface area contributed by atoms with Crippen LogP contribution in [0.2, 0.25) is 0 Å². The zero-order valence-corrected chi connectivity index (χ0v) is 10.2. The Morgan fingerprint density at radius 3 is 2.69 bits per heavy atom. The number of thiocarbonyl (C=S) groups is 1. The Morgan fingerprint density at radius 2 is 2.06 bits per heavy atom. The van der Waals surface area contributed by atoms with E-state index in [1.165, 1.54) is 11.8 Å². The zero-order chi connectivity index (χ0) is 11.8. The number of carbonyl (C=O) groups is 1. The molecule has 5 heteroatoms. The number of aliphatic carboxylic acids is 1. The van der Waals surface area contributed by atoms with Crippen LogP contribution >= 0.6 is 24.0 Å². The van der Waals surface area contributed by atoms with E-state index < -0.39 is 5.97 Å². The van der Waals surface area contributed by atoms with E-state index in [4.69, 9.17) is 22.1 Å². The fraction of sp³-hybridized carbons (Fsp3) is 0.273. The second-order valence-corrected chi connectivity index (χ2v) is 4.59. The number of thioether (sulfide) groups is 1. The van der Waals surface area contributed by atoms with E-state index in [1.54, 1.807) is 0 Å². The molecule has 0 fully saturated rings. The van der Waals surface area contributed by atoms with Crippen molar-refractivity contribution in [2.75, 3.05) is 6.61 Å². The van der Waals surface area contributed by atoms with E-state index >= 15 is 0 Å². The molecule has 0 spiro atoms. The molecule has 1 aromatic carbocycles. The molecule has 0 heterocycles. The lowest BCUT2D eigenvalue weighted by molar-refractivity contribution is -0.137. The van der Waals surface area contributed by atoms with Gasteiger partial charge < -0.3 is 9.84 Å². The first-order chi connectivity index (χ1) is 7.68. The van der Waals surface area contributed by atoms with Crippen LogP contribution in [0.4, 0.5) is 0 Å². The lowest BCUT2D eigenvalue weighted by Crippen LogP contribution is -2.05. The van der Waals surface area contributed by atoms with Crippen molar-refractivity contribution in [2.24, 2.45) is 0 Å². The van der Waals surface area contributed by atoms with Gasteiger partial charge in [0.05, 0.1) is 6.42 Å². The van der Waals surface area contributed by atoms with E-state index in [-0.39, 0.29) is 13.0 Å². The van der Waals surface area contributed by atoms with Crippen LogP contribution in [0.15, 0.2) is 30.3 Å². The smallest absolute Gasteiger partial charge is 0.306 e. The molecule has 16 heavy (non-hydrogen) atoms. The number of ether oxygens (including phenoxy) is 1. The molecule has 0 saturated carbocycles. The Bertz CT molecular complexity index is 352. The van der Waals surface area contributed by atoms with Crippen LogP contribution in [0, 0.1) is 0 Å². The Balaban J connectivity index is 2.18. The first-order valence-corrected chi connectivity index (χ1v) is 6.13. The maximum absolute atomic E-state index is 10.2. The summed E-state index contributed by atoms with van der Waals surface area (Å²) in [5, 5.41) is 8.40. The second-order valence-electron chi connectivity index (χ2n) is 3.02. The Kier molecular flexibility index (Phi) is 5.88. The minimum atomic E-state index is -0.879. The molecule has 3 nitrogen and oxygen atoms in total. The summed E-state index contributed by atoms with van der Waals surface area (Å²) in [6, 6.07) is 9.89. The molecule has 0 radical (unpaired) electrons. The van der Waals surface area contributed by atoms with Crippen LogP contribution in [0.5, 0.6) is 0 Å². The summed E-state index contributed by atoms with van der Waals surface area (Å²) in [6.07, 6.45) is -0.0218. The third kappa shape index (κ3) is 5.72. The summed E-state index contributed by atoms with van der Waals surface area (Å²) in [4.78, 5) is 10.2. The molecule has 0 atom stereocenters. The molecule has 0 aromatic heterocycles. The van der Waals surface area contributed by atoms with Crippen LogP contribution in [-0.4, -0.2) is 22.1 Å². The zero-order valence-electron chi connectivity index (χ0n) is 8.59. The lowest BCUT2D eigenvalue weighted by atomic mass is 10.2. The Hall–Kier alpha value is -1.07. The van der Waals surface area contributed by atoms with Gasteiger partial charge in [-0.15, -0.1) is 0 Å². The van der Waals surface area contributed by atoms with Gasteiger partial charge in [-0.05, 0) is 17.8 Å². The minimum absolute atomic E-state index is 0.0218. The van der Waals surface area contributed by atoms with Crippen molar-refractivity contribution in [1.82, 2.24) is 0 Å². The van der Waals surface area contributed by atoms with Crippen molar-refractivity contribution in [1.29, 1.82) is 0 Å². The average molecular weight is 256 g/mol. The van der Waals surface area contributed by atoms with Gasteiger partial charge >= 0.3 is 5.97 Å². The monoisotopic (exact) mass is 256 g/mol. The predicted molar refractivity (Wildman–Crippen MR) is 68.5 cm³/mol. The third-order valence-electron chi connectivity index (χ3n) is 1.74. The van der Waals surface area contributed by atoms with Crippen LogP contribution in [0.3, 0.4) is 0 Å². The van der Waals surface area contributed by atoms with Gasteiger partial charge in [-0.2, -0.15) is 0 Å². The molecule has 1 N–H and O–H groups in total. The van der Waals surface area contributed by atoms with Crippen molar-refractivity contribution in [2.45, 2.75) is 12.2 Å². The summed E-state index contributed by atoms with van der Waals surface area (Å²) in [6.45, 7) is 0.135. The van der Waals surface area contributed by atoms with Gasteiger partial charge in [-0.3, -0.25) is 4.79 Å². The Morgan fingerprint density at radius 1 is 1.38 bits per heavy atom. The fourth-order valence-corrected chi connectivity index (χ4v) is 1.88. The molecule has 1 rings (SSSR count). The van der Waals surface area contributed by atoms with Gasteiger partial charge in [0.1, 0.15) is 6.61 Å². The summed E-state index contributed by atoms with van der Waals surface area (Å²) < 4.78 is 5.48. The molecule has 0 saturated heterocycles. The van der Waals surface area contributed by atoms with Crippen LogP contribution in [0.25, 0.3) is 0 Å². The van der Waals surface area contributed by atoms with Gasteiger partial charge in [0.15, 0.2) is 0 Å². The average Bonchev–Trinajstić information content (AvgIpc) is 2.27. The molecule has 0 aliphatic rings. The second kappa shape index (κ2) is 7.24. The maximum atomic E-state index is 10.2. The Labute approximate surface area is 104 Å². The van der Waals surface area contributed by atoms with Crippen LogP contribution in [0.1, 0.15) is 12.0 Å². The topological polar surface area (TPSA) is 46.5 Å². The number of hydrogen-bond acceptors (Lipinski definition) is 4. The number of carboxylic acid groups (broad SMARTS) is 1. The number of benzene rings is 1. The van der Waals surface area contributed by atoms with E-state index in [2.05, 4.69) is 0 Å². The van der Waals surface area contributed by atoms with Gasteiger partial charge in [-0.25, -0.2) is 0 Å². The van der Waals surface area contributed by atoms with Crippen molar-refractivity contribution in [3.63, 3.8) is 0 Å². The summed E-state index contributed by atoms with van der Waals surface area (Å²) in [5.41, 5.74) is 1.16. The van der Waals surface area contributed by atoms with Crippen molar-refractivity contribution in [3.05, 3.63) is 35.9 Å². The standard InChI is InChI=1S/C11H12O3S2/c12-10(13)6-7-14-11(15)16-8-9-4-2-1-3-5-9/h1-5H,6-8H2,(H,12,13). The van der Waals surface area contributed by atoms with Gasteiger partial charge in [-0.1, -0.05) is 42.1 Å². The number of carboxylic acids is 1. The first-order valence-electron chi connectivity index (χ1n) is 4.74. The van der Waals surface area contributed by atoms with E-state index in [1.807, 2.05) is 30.3 Å². The first kappa shape index (κ1) is 13.0. The van der Waals surface area contributed by atoms with Gasteiger partial charge in [0, 0.05) is 5.75 Å². The summed E-state index contributed by atoms with van der Waals surface area (Å²) >= 11 is 6.35. The summed E-state index contributed by atoms with van der Waals surface area (Å²) in [7, 11) is 0. The minimum Gasteiger partial charge on any atom is -0.481 e. The normalized spacial score (nSPS) is 9.75. The highest BCUT2D eigenvalue weighted by Crippen LogP contribution is 2.14. The molecule has 0 unspecified atom stereocenters. The fourth-order valence-electron chi connectivity index (χ4n) is 0.980. The highest BCUT2D eigenvalue weighted by atomic mass is 32.2. The highest BCUT2D eigenvalue weighted by Gasteiger charge is 2.02. The largest absolute Gasteiger partial charge is 0.481 e. The maximum Gasteiger partial charge on any atom is 0.306 e. The predicted octanol–water partition coefficient (Wildman–Crippen LogP) is 2.70. The van der Waals surface area contributed by atoms with Crippen LogP contribution in [-0.2, 0) is 15.3 Å². The quantitative estimate of drug-likeness (QED) is 0.821. The van der Waals surface area contributed by atoms with Crippen molar-refractivity contribution in [3.8, 4) is 0 Å². The molecule has 1 aromatic rings. The molecule has 0 aliphatic heterocycles. The molecule has 0 bridgehead atoms. The van der Waals surface area contributed by atoms with Crippen molar-refractivity contribution >= 4 is 34.3 Å². The highest BCUT2D eigenvalue weighted by molar-refractivity contribution is 8.22. The van der Waals surface area contributed by atoms with E-state index in [0.717, 1.165) is 11.3 Å². The van der Waals surface area contributed by atoms with Gasteiger partial charge in [0.2, 0.25) is 4.38 Å². The number of hydrogen-bond donors (Lipinski definition) is 1. The molecule has 0 amide bonds. The lowest BCUT2D eigenvalue weighted by Gasteiger charge is -2.05. The SMILES string of the molecule is O=C(O)CCOC(=S)SCc1ccccc1. The molecule has 86 valence electrons. The van der Waals surface area contributed by atoms with Crippen LogP contribution < -0.4 is 0 Å². The van der Waals surface area contributed by atoms with Gasteiger partial charge in [0.25, 0.3) is 0 Å². The molecular weight excluding hydrogens is 244 g/mol. The molecular formula is C11H12O3S2.